The molecule has 0 radical (unpaired) electrons. The van der Waals surface area contributed by atoms with E-state index in [0.717, 1.165) is 5.56 Å². The van der Waals surface area contributed by atoms with Crippen molar-refractivity contribution in [1.82, 2.24) is 19.4 Å². The standard InChI is InChI=1S/C17H24N4O3S/c1-13(2)17-19-18-16(24-17)12-20-7-9-21(10-8-20)25(22,23)15-6-4-5-14(3)11-15/h4-6,11,13H,7-10,12H2,1-3H3. The van der Waals surface area contributed by atoms with Crippen molar-refractivity contribution in [1.29, 1.82) is 0 Å². The molecular weight excluding hydrogens is 340 g/mol. The highest BCUT2D eigenvalue weighted by Crippen LogP contribution is 2.20. The second kappa shape index (κ2) is 7.23. The topological polar surface area (TPSA) is 79.5 Å². The van der Waals surface area contributed by atoms with Crippen molar-refractivity contribution in [2.45, 2.75) is 38.1 Å². The fourth-order valence-electron chi connectivity index (χ4n) is 2.81. The Morgan fingerprint density at radius 2 is 1.88 bits per heavy atom. The Bertz CT molecular complexity index is 824. The summed E-state index contributed by atoms with van der Waals surface area (Å²) in [5.41, 5.74) is 0.942. The summed E-state index contributed by atoms with van der Waals surface area (Å²) >= 11 is 0. The van der Waals surface area contributed by atoms with Crippen LogP contribution in [-0.4, -0.2) is 54.0 Å². The van der Waals surface area contributed by atoms with Gasteiger partial charge in [0.1, 0.15) is 0 Å². The summed E-state index contributed by atoms with van der Waals surface area (Å²) in [7, 11) is -3.43. The minimum Gasteiger partial charge on any atom is -0.424 e. The fraction of sp³-hybridized carbons (Fsp3) is 0.529. The SMILES string of the molecule is Cc1cccc(S(=O)(=O)N2CCN(Cc3nnc(C(C)C)o3)CC2)c1. The molecule has 1 aromatic carbocycles. The molecule has 0 N–H and O–H groups in total. The molecule has 2 heterocycles. The Hall–Kier alpha value is -1.77. The van der Waals surface area contributed by atoms with Gasteiger partial charge in [0.15, 0.2) is 0 Å². The third-order valence-electron chi connectivity index (χ3n) is 4.29. The molecular formula is C17H24N4O3S. The van der Waals surface area contributed by atoms with Crippen LogP contribution in [0.25, 0.3) is 0 Å². The predicted molar refractivity (Wildman–Crippen MR) is 93.6 cm³/mol. The molecule has 1 fully saturated rings. The quantitative estimate of drug-likeness (QED) is 0.807. The lowest BCUT2D eigenvalue weighted by Gasteiger charge is -2.33. The molecule has 0 unspecified atom stereocenters. The van der Waals surface area contributed by atoms with Crippen molar-refractivity contribution in [3.05, 3.63) is 41.6 Å². The van der Waals surface area contributed by atoms with Gasteiger partial charge < -0.3 is 4.42 Å². The van der Waals surface area contributed by atoms with Gasteiger partial charge >= 0.3 is 0 Å². The highest BCUT2D eigenvalue weighted by molar-refractivity contribution is 7.89. The number of aryl methyl sites for hydroxylation is 1. The molecule has 1 aromatic heterocycles. The Labute approximate surface area is 148 Å². The van der Waals surface area contributed by atoms with Crippen LogP contribution in [0.5, 0.6) is 0 Å². The van der Waals surface area contributed by atoms with Crippen LogP contribution in [0.2, 0.25) is 0 Å². The summed E-state index contributed by atoms with van der Waals surface area (Å²) in [5, 5.41) is 8.10. The average Bonchev–Trinajstić information content (AvgIpc) is 3.04. The summed E-state index contributed by atoms with van der Waals surface area (Å²) in [4.78, 5) is 2.50. The molecule has 25 heavy (non-hydrogen) atoms. The van der Waals surface area contributed by atoms with Gasteiger partial charge in [-0.3, -0.25) is 4.90 Å². The van der Waals surface area contributed by atoms with Gasteiger partial charge in [-0.15, -0.1) is 10.2 Å². The molecule has 3 rings (SSSR count). The highest BCUT2D eigenvalue weighted by Gasteiger charge is 2.29. The van der Waals surface area contributed by atoms with E-state index in [0.29, 0.717) is 49.4 Å². The van der Waals surface area contributed by atoms with Crippen LogP contribution in [0.1, 0.15) is 37.1 Å². The molecule has 0 spiro atoms. The Kier molecular flexibility index (Phi) is 5.21. The minimum atomic E-state index is -3.43. The molecule has 0 amide bonds. The summed E-state index contributed by atoms with van der Waals surface area (Å²) in [6.45, 7) is 8.67. The predicted octanol–water partition coefficient (Wildman–Crippen LogP) is 2.01. The van der Waals surface area contributed by atoms with Crippen molar-refractivity contribution in [2.75, 3.05) is 26.2 Å². The van der Waals surface area contributed by atoms with E-state index >= 15 is 0 Å². The molecule has 1 aliphatic rings. The lowest BCUT2D eigenvalue weighted by atomic mass is 10.2. The first-order valence-corrected chi connectivity index (χ1v) is 9.91. The van der Waals surface area contributed by atoms with Crippen molar-refractivity contribution >= 4 is 10.0 Å². The lowest BCUT2D eigenvalue weighted by Crippen LogP contribution is -2.48. The number of piperazine rings is 1. The van der Waals surface area contributed by atoms with E-state index in [9.17, 15) is 8.42 Å². The zero-order valence-electron chi connectivity index (χ0n) is 14.8. The van der Waals surface area contributed by atoms with Gasteiger partial charge in [-0.05, 0) is 24.6 Å². The van der Waals surface area contributed by atoms with Gasteiger partial charge in [0.05, 0.1) is 11.4 Å². The number of benzene rings is 1. The molecule has 1 saturated heterocycles. The zero-order valence-corrected chi connectivity index (χ0v) is 15.7. The van der Waals surface area contributed by atoms with Crippen molar-refractivity contribution < 1.29 is 12.8 Å². The van der Waals surface area contributed by atoms with E-state index in [1.807, 2.05) is 26.8 Å². The van der Waals surface area contributed by atoms with Crippen LogP contribution < -0.4 is 0 Å². The number of aromatic nitrogens is 2. The minimum absolute atomic E-state index is 0.206. The first kappa shape index (κ1) is 18.0. The van der Waals surface area contributed by atoms with Crippen LogP contribution in [0.4, 0.5) is 0 Å². The van der Waals surface area contributed by atoms with Crippen LogP contribution in [0, 0.1) is 6.92 Å². The van der Waals surface area contributed by atoms with Crippen molar-refractivity contribution in [3.63, 3.8) is 0 Å². The second-order valence-corrected chi connectivity index (χ2v) is 8.62. The molecule has 8 heteroatoms. The Morgan fingerprint density at radius 3 is 2.48 bits per heavy atom. The van der Waals surface area contributed by atoms with Crippen molar-refractivity contribution in [3.8, 4) is 0 Å². The van der Waals surface area contributed by atoms with E-state index in [2.05, 4.69) is 15.1 Å². The molecule has 0 aliphatic carbocycles. The third-order valence-corrected chi connectivity index (χ3v) is 6.19. The summed E-state index contributed by atoms with van der Waals surface area (Å²) in [6, 6.07) is 7.04. The molecule has 0 bridgehead atoms. The van der Waals surface area contributed by atoms with Gasteiger partial charge in [-0.25, -0.2) is 8.42 Å². The molecule has 1 aliphatic heterocycles. The number of nitrogens with zero attached hydrogens (tertiary/aromatic N) is 4. The monoisotopic (exact) mass is 364 g/mol. The largest absolute Gasteiger partial charge is 0.424 e. The summed E-state index contributed by atoms with van der Waals surface area (Å²) in [6.07, 6.45) is 0. The van der Waals surface area contributed by atoms with Gasteiger partial charge in [-0.2, -0.15) is 4.31 Å². The third kappa shape index (κ3) is 4.08. The molecule has 7 nitrogen and oxygen atoms in total. The number of sulfonamides is 1. The van der Waals surface area contributed by atoms with Crippen LogP contribution in [-0.2, 0) is 16.6 Å². The van der Waals surface area contributed by atoms with E-state index in [4.69, 9.17) is 4.42 Å². The maximum absolute atomic E-state index is 12.7. The Morgan fingerprint density at radius 1 is 1.16 bits per heavy atom. The smallest absolute Gasteiger partial charge is 0.243 e. The molecule has 136 valence electrons. The normalized spacial score (nSPS) is 17.3. The Balaban J connectivity index is 1.61. The fourth-order valence-corrected chi connectivity index (χ4v) is 4.34. The summed E-state index contributed by atoms with van der Waals surface area (Å²) < 4.78 is 32.7. The van der Waals surface area contributed by atoms with Gasteiger partial charge in [0, 0.05) is 32.1 Å². The van der Waals surface area contributed by atoms with Crippen LogP contribution in [0.15, 0.2) is 33.6 Å². The molecule has 2 aromatic rings. The number of hydrogen-bond donors (Lipinski definition) is 0. The number of rotatable bonds is 5. The van der Waals surface area contributed by atoms with E-state index < -0.39 is 10.0 Å². The highest BCUT2D eigenvalue weighted by atomic mass is 32.2. The molecule has 0 saturated carbocycles. The van der Waals surface area contributed by atoms with Gasteiger partial charge in [-0.1, -0.05) is 26.0 Å². The van der Waals surface area contributed by atoms with E-state index in [1.165, 1.54) is 0 Å². The van der Waals surface area contributed by atoms with E-state index in [1.54, 1.807) is 22.5 Å². The van der Waals surface area contributed by atoms with Gasteiger partial charge in [0.25, 0.3) is 0 Å². The first-order chi connectivity index (χ1) is 11.9. The van der Waals surface area contributed by atoms with Crippen LogP contribution >= 0.6 is 0 Å². The summed E-state index contributed by atoms with van der Waals surface area (Å²) in [5.74, 6) is 1.42. The molecule has 0 atom stereocenters. The van der Waals surface area contributed by atoms with E-state index in [-0.39, 0.29) is 5.92 Å². The van der Waals surface area contributed by atoms with Crippen molar-refractivity contribution in [2.24, 2.45) is 0 Å². The average molecular weight is 364 g/mol. The van der Waals surface area contributed by atoms with Crippen LogP contribution in [0.3, 0.4) is 0 Å². The second-order valence-electron chi connectivity index (χ2n) is 6.69. The number of hydrogen-bond acceptors (Lipinski definition) is 6. The lowest BCUT2D eigenvalue weighted by molar-refractivity contribution is 0.167. The van der Waals surface area contributed by atoms with Gasteiger partial charge in [0.2, 0.25) is 21.8 Å². The first-order valence-electron chi connectivity index (χ1n) is 8.47. The maximum Gasteiger partial charge on any atom is 0.243 e. The zero-order chi connectivity index (χ0) is 18.0. The maximum atomic E-state index is 12.7.